The third-order valence-corrected chi connectivity index (χ3v) is 2.61. The molecule has 0 aliphatic heterocycles. The Bertz CT molecular complexity index is 308. The fraction of sp³-hybridized carbons (Fsp3) is 0.727. The maximum absolute atomic E-state index is 11.6. The number of carbonyl (C=O) groups is 1. The summed E-state index contributed by atoms with van der Waals surface area (Å²) in [7, 11) is 0. The Morgan fingerprint density at radius 2 is 2.18 bits per heavy atom. The first-order valence-corrected chi connectivity index (χ1v) is 6.10. The lowest BCUT2D eigenvalue weighted by Gasteiger charge is -2.18. The zero-order valence-electron chi connectivity index (χ0n) is 10.6. The second kappa shape index (κ2) is 7.78. The summed E-state index contributed by atoms with van der Waals surface area (Å²) in [4.78, 5) is 13.5. The second-order valence-electron chi connectivity index (χ2n) is 3.76. The third kappa shape index (κ3) is 4.95. The lowest BCUT2D eigenvalue weighted by Crippen LogP contribution is -2.38. The van der Waals surface area contributed by atoms with Crippen molar-refractivity contribution in [1.82, 2.24) is 25.2 Å². The Kier molecular flexibility index (Phi) is 6.24. The van der Waals surface area contributed by atoms with E-state index in [9.17, 15) is 4.79 Å². The number of aryl methyl sites for hydroxylation is 1. The quantitative estimate of drug-likeness (QED) is 0.655. The number of hydrogen-bond acceptors (Lipinski definition) is 4. The molecule has 1 rings (SSSR count). The topological polar surface area (TPSA) is 63.1 Å². The number of rotatable bonds is 8. The molecular formula is C11H21N5O. The van der Waals surface area contributed by atoms with Gasteiger partial charge < -0.3 is 10.2 Å². The molecular weight excluding hydrogens is 218 g/mol. The van der Waals surface area contributed by atoms with Crippen LogP contribution in [0, 0.1) is 0 Å². The molecule has 0 saturated carbocycles. The van der Waals surface area contributed by atoms with Crippen molar-refractivity contribution in [2.24, 2.45) is 0 Å². The Morgan fingerprint density at radius 1 is 1.41 bits per heavy atom. The van der Waals surface area contributed by atoms with Crippen molar-refractivity contribution in [3.8, 4) is 0 Å². The molecule has 0 aliphatic rings. The Balaban J connectivity index is 2.05. The highest BCUT2D eigenvalue weighted by atomic mass is 16.2. The zero-order chi connectivity index (χ0) is 12.5. The number of nitrogens with one attached hydrogen (secondary N) is 1. The molecule has 1 heterocycles. The molecule has 1 amide bonds. The summed E-state index contributed by atoms with van der Waals surface area (Å²) in [6.07, 6.45) is 4.44. The molecule has 0 aromatic carbocycles. The molecule has 1 N–H and O–H groups in total. The van der Waals surface area contributed by atoms with Crippen molar-refractivity contribution in [1.29, 1.82) is 0 Å². The summed E-state index contributed by atoms with van der Waals surface area (Å²) in [6.45, 7) is 7.59. The first kappa shape index (κ1) is 13.6. The zero-order valence-corrected chi connectivity index (χ0v) is 10.6. The number of nitrogens with zero attached hydrogens (tertiary/aromatic N) is 4. The molecule has 6 nitrogen and oxygen atoms in total. The van der Waals surface area contributed by atoms with Crippen LogP contribution in [0.4, 0.5) is 0 Å². The molecule has 0 unspecified atom stereocenters. The molecule has 1 aromatic heterocycles. The smallest absolute Gasteiger partial charge is 0.236 e. The van der Waals surface area contributed by atoms with E-state index in [-0.39, 0.29) is 5.91 Å². The van der Waals surface area contributed by atoms with Gasteiger partial charge in [0.25, 0.3) is 0 Å². The molecule has 0 aliphatic carbocycles. The Labute approximate surface area is 102 Å². The predicted molar refractivity (Wildman–Crippen MR) is 65.4 cm³/mol. The van der Waals surface area contributed by atoms with Gasteiger partial charge in [-0.05, 0) is 26.8 Å². The first-order chi connectivity index (χ1) is 8.27. The summed E-state index contributed by atoms with van der Waals surface area (Å²) < 4.78 is 1.79. The third-order valence-electron chi connectivity index (χ3n) is 2.61. The van der Waals surface area contributed by atoms with Crippen LogP contribution >= 0.6 is 0 Å². The second-order valence-corrected chi connectivity index (χ2v) is 3.76. The van der Waals surface area contributed by atoms with Crippen molar-refractivity contribution in [3.05, 3.63) is 12.4 Å². The average molecular weight is 239 g/mol. The summed E-state index contributed by atoms with van der Waals surface area (Å²) in [6, 6.07) is 0. The molecule has 0 radical (unpaired) electrons. The summed E-state index contributed by atoms with van der Waals surface area (Å²) in [5, 5.41) is 10.7. The van der Waals surface area contributed by atoms with E-state index < -0.39 is 0 Å². The van der Waals surface area contributed by atoms with Gasteiger partial charge in [0.1, 0.15) is 0 Å². The van der Waals surface area contributed by atoms with Crippen LogP contribution in [0.15, 0.2) is 12.4 Å². The van der Waals surface area contributed by atoms with Gasteiger partial charge in [0.15, 0.2) is 0 Å². The van der Waals surface area contributed by atoms with Crippen LogP contribution < -0.4 is 5.32 Å². The molecule has 17 heavy (non-hydrogen) atoms. The van der Waals surface area contributed by atoms with Crippen LogP contribution in [-0.4, -0.2) is 52.0 Å². The SMILES string of the molecule is CCN(CC)C(=O)CNCCCn1ccnn1. The minimum Gasteiger partial charge on any atom is -0.342 e. The van der Waals surface area contributed by atoms with Gasteiger partial charge in [0.2, 0.25) is 5.91 Å². The van der Waals surface area contributed by atoms with E-state index in [1.54, 1.807) is 10.9 Å². The molecule has 0 bridgehead atoms. The minimum atomic E-state index is 0.163. The van der Waals surface area contributed by atoms with Crippen molar-refractivity contribution in [2.45, 2.75) is 26.8 Å². The van der Waals surface area contributed by atoms with Crippen molar-refractivity contribution in [2.75, 3.05) is 26.2 Å². The highest BCUT2D eigenvalue weighted by Gasteiger charge is 2.07. The summed E-state index contributed by atoms with van der Waals surface area (Å²) in [5.74, 6) is 0.163. The van der Waals surface area contributed by atoms with Crippen molar-refractivity contribution >= 4 is 5.91 Å². The van der Waals surface area contributed by atoms with E-state index in [2.05, 4.69) is 15.6 Å². The molecule has 96 valence electrons. The lowest BCUT2D eigenvalue weighted by molar-refractivity contribution is -0.129. The molecule has 1 aromatic rings. The van der Waals surface area contributed by atoms with Gasteiger partial charge in [-0.1, -0.05) is 5.21 Å². The number of hydrogen-bond donors (Lipinski definition) is 1. The van der Waals surface area contributed by atoms with Crippen molar-refractivity contribution < 1.29 is 4.79 Å². The predicted octanol–water partition coefficient (Wildman–Crippen LogP) is 0.126. The normalized spacial score (nSPS) is 10.5. The van der Waals surface area contributed by atoms with Crippen LogP contribution in [0.1, 0.15) is 20.3 Å². The number of carbonyl (C=O) groups excluding carboxylic acids is 1. The van der Waals surface area contributed by atoms with Gasteiger partial charge >= 0.3 is 0 Å². The standard InChI is InChI=1S/C11H21N5O/c1-3-15(4-2)11(17)10-12-6-5-8-16-9-7-13-14-16/h7,9,12H,3-6,8,10H2,1-2H3. The van der Waals surface area contributed by atoms with E-state index in [1.807, 2.05) is 24.9 Å². The fourth-order valence-electron chi connectivity index (χ4n) is 1.60. The van der Waals surface area contributed by atoms with Crippen LogP contribution in [0.2, 0.25) is 0 Å². The Hall–Kier alpha value is -1.43. The van der Waals surface area contributed by atoms with Gasteiger partial charge in [-0.25, -0.2) is 0 Å². The van der Waals surface area contributed by atoms with Gasteiger partial charge in [0.05, 0.1) is 12.7 Å². The van der Waals surface area contributed by atoms with Gasteiger partial charge in [-0.2, -0.15) is 0 Å². The maximum atomic E-state index is 11.6. The van der Waals surface area contributed by atoms with Crippen LogP contribution in [-0.2, 0) is 11.3 Å². The number of aromatic nitrogens is 3. The number of likely N-dealkylation sites (N-methyl/N-ethyl adjacent to an activating group) is 1. The lowest BCUT2D eigenvalue weighted by atomic mass is 10.4. The maximum Gasteiger partial charge on any atom is 0.236 e. The number of amides is 1. The molecule has 0 fully saturated rings. The van der Waals surface area contributed by atoms with E-state index in [1.165, 1.54) is 0 Å². The summed E-state index contributed by atoms with van der Waals surface area (Å²) >= 11 is 0. The minimum absolute atomic E-state index is 0.163. The summed E-state index contributed by atoms with van der Waals surface area (Å²) in [5.41, 5.74) is 0. The van der Waals surface area contributed by atoms with Gasteiger partial charge in [0, 0.05) is 25.8 Å². The molecule has 0 spiro atoms. The van der Waals surface area contributed by atoms with Crippen LogP contribution in [0.3, 0.4) is 0 Å². The highest BCUT2D eigenvalue weighted by molar-refractivity contribution is 5.78. The average Bonchev–Trinajstić information content (AvgIpc) is 2.83. The highest BCUT2D eigenvalue weighted by Crippen LogP contribution is 1.89. The molecule has 6 heteroatoms. The fourth-order valence-corrected chi connectivity index (χ4v) is 1.60. The first-order valence-electron chi connectivity index (χ1n) is 6.10. The van der Waals surface area contributed by atoms with Gasteiger partial charge in [-0.3, -0.25) is 9.48 Å². The van der Waals surface area contributed by atoms with E-state index in [0.717, 1.165) is 32.6 Å². The van der Waals surface area contributed by atoms with E-state index in [4.69, 9.17) is 0 Å². The Morgan fingerprint density at radius 3 is 2.76 bits per heavy atom. The van der Waals surface area contributed by atoms with E-state index in [0.29, 0.717) is 6.54 Å². The van der Waals surface area contributed by atoms with Crippen LogP contribution in [0.5, 0.6) is 0 Å². The molecule has 0 saturated heterocycles. The largest absolute Gasteiger partial charge is 0.342 e. The van der Waals surface area contributed by atoms with Crippen LogP contribution in [0.25, 0.3) is 0 Å². The monoisotopic (exact) mass is 239 g/mol. The van der Waals surface area contributed by atoms with Gasteiger partial charge in [-0.15, -0.1) is 5.10 Å². The molecule has 0 atom stereocenters. The van der Waals surface area contributed by atoms with Crippen molar-refractivity contribution in [3.63, 3.8) is 0 Å². The van der Waals surface area contributed by atoms with E-state index >= 15 is 0 Å².